The Hall–Kier alpha value is -1.75. The predicted octanol–water partition coefficient (Wildman–Crippen LogP) is 4.07. The van der Waals surface area contributed by atoms with Gasteiger partial charge in [0.05, 0.1) is 55.1 Å². The molecule has 18 unspecified atom stereocenters. The fourth-order valence-corrected chi connectivity index (χ4v) is 10.3. The summed E-state index contributed by atoms with van der Waals surface area (Å²) in [5.41, 5.74) is 2.00. The zero-order valence-corrected chi connectivity index (χ0v) is 32.1. The van der Waals surface area contributed by atoms with E-state index in [9.17, 15) is 20.1 Å². The van der Waals surface area contributed by atoms with Crippen LogP contribution in [0.25, 0.3) is 0 Å². The molecule has 0 spiro atoms. The number of methoxy groups -OCH3 is 2. The molecule has 0 aromatic carbocycles. The van der Waals surface area contributed by atoms with E-state index >= 15 is 0 Å². The lowest BCUT2D eigenvalue weighted by Gasteiger charge is -2.54. The summed E-state index contributed by atoms with van der Waals surface area (Å²) in [6.45, 7) is 9.63. The molecule has 6 aliphatic rings. The molecule has 3 saturated heterocycles. The molecule has 5 fully saturated rings. The van der Waals surface area contributed by atoms with Crippen molar-refractivity contribution < 1.29 is 62.4 Å². The van der Waals surface area contributed by atoms with Crippen molar-refractivity contribution in [3.8, 4) is 0 Å². The first-order valence-electron chi connectivity index (χ1n) is 19.6. The Labute approximate surface area is 312 Å². The molecule has 3 aliphatic heterocycles. The molecule has 0 radical (unpaired) electrons. The second kappa shape index (κ2) is 16.0. The summed E-state index contributed by atoms with van der Waals surface area (Å²) in [5.74, 6) is 1.11. The van der Waals surface area contributed by atoms with E-state index in [2.05, 4.69) is 13.0 Å². The van der Waals surface area contributed by atoms with Crippen molar-refractivity contribution in [2.75, 3.05) is 14.2 Å². The van der Waals surface area contributed by atoms with Gasteiger partial charge >= 0.3 is 0 Å². The van der Waals surface area contributed by atoms with Gasteiger partial charge in [0.15, 0.2) is 18.9 Å². The number of Topliss-reactive ketones (excluding diaryl/α,β-unsaturated/α-hetero) is 1. The van der Waals surface area contributed by atoms with Gasteiger partial charge in [0.25, 0.3) is 0 Å². The van der Waals surface area contributed by atoms with Gasteiger partial charge in [0.1, 0.15) is 29.9 Å². The fourth-order valence-electron chi connectivity index (χ4n) is 10.3. The van der Waals surface area contributed by atoms with Crippen molar-refractivity contribution >= 4 is 5.78 Å². The number of carbonyl (C=O) groups is 1. The van der Waals surface area contributed by atoms with Crippen LogP contribution < -0.4 is 0 Å². The van der Waals surface area contributed by atoms with Crippen LogP contribution in [0, 0.1) is 24.2 Å². The summed E-state index contributed by atoms with van der Waals surface area (Å²) < 4.78 is 54.3. The number of hydrogen-bond acceptors (Lipinski definition) is 13. The molecule has 3 N–H and O–H groups in total. The van der Waals surface area contributed by atoms with Crippen LogP contribution in [0.3, 0.4) is 0 Å². The van der Waals surface area contributed by atoms with Gasteiger partial charge in [0, 0.05) is 50.9 Å². The number of ether oxygens (including phenoxy) is 8. The number of aryl methyl sites for hydroxylation is 1. The minimum absolute atomic E-state index is 0.0626. The van der Waals surface area contributed by atoms with E-state index in [1.165, 1.54) is 5.57 Å². The lowest BCUT2D eigenvalue weighted by molar-refractivity contribution is -0.338. The van der Waals surface area contributed by atoms with Gasteiger partial charge < -0.3 is 57.6 Å². The van der Waals surface area contributed by atoms with E-state index in [-0.39, 0.29) is 35.7 Å². The third-order valence-electron chi connectivity index (χ3n) is 13.4. The summed E-state index contributed by atoms with van der Waals surface area (Å²) in [6.07, 6.45) is 0.130. The normalized spacial score (nSPS) is 47.8. The predicted molar refractivity (Wildman–Crippen MR) is 189 cm³/mol. The maximum atomic E-state index is 13.8. The van der Waals surface area contributed by atoms with Crippen LogP contribution in [-0.2, 0) is 42.7 Å². The zero-order valence-electron chi connectivity index (χ0n) is 32.1. The molecule has 0 amide bonds. The molecule has 2 saturated carbocycles. The van der Waals surface area contributed by atoms with E-state index in [0.29, 0.717) is 37.9 Å². The number of rotatable bonds is 9. The molecular weight excluding hydrogens is 688 g/mol. The molecule has 1 aromatic heterocycles. The minimum atomic E-state index is -0.885. The van der Waals surface area contributed by atoms with Crippen molar-refractivity contribution in [2.24, 2.45) is 17.3 Å². The van der Waals surface area contributed by atoms with Crippen LogP contribution in [0.2, 0.25) is 0 Å². The highest BCUT2D eigenvalue weighted by Crippen LogP contribution is 2.58. The second-order valence-electron chi connectivity index (χ2n) is 16.5. The Morgan fingerprint density at radius 3 is 2.11 bits per heavy atom. The number of carbonyl (C=O) groups excluding carboxylic acids is 1. The smallest absolute Gasteiger partial charge is 0.161 e. The van der Waals surface area contributed by atoms with Crippen LogP contribution in [-0.4, -0.2) is 121 Å². The van der Waals surface area contributed by atoms with Crippen molar-refractivity contribution in [1.82, 2.24) is 0 Å². The van der Waals surface area contributed by atoms with Crippen LogP contribution in [0.1, 0.15) is 96.3 Å². The van der Waals surface area contributed by atoms with Gasteiger partial charge in [-0.25, -0.2) is 0 Å². The number of aliphatic hydroxyl groups excluding tert-OH is 3. The summed E-state index contributed by atoms with van der Waals surface area (Å²) in [7, 11) is 3.17. The summed E-state index contributed by atoms with van der Waals surface area (Å²) in [6, 6.07) is 1.94. The van der Waals surface area contributed by atoms with Gasteiger partial charge in [-0.3, -0.25) is 4.79 Å². The number of aliphatic hydroxyl groups is 3. The standard InChI is InChI=1S/C40H60O13/c1-19-24(12-13-47-19)25-10-11-27-26(37(25)44)9-8-23-14-30(29(42)18-40(23,27)5)51-34-17-32(46-7)39(22(4)50-34)53-33-15-28(41)38(21(3)49-33)52-35-16-31(45-6)36(43)20(2)48-35/h8,12-13,20-22,25-36,38-39,41-43H,9-11,14-18H2,1-7H3. The van der Waals surface area contributed by atoms with Crippen molar-refractivity contribution in [2.45, 2.75) is 178 Å². The maximum absolute atomic E-state index is 13.8. The van der Waals surface area contributed by atoms with Crippen molar-refractivity contribution in [3.05, 3.63) is 35.3 Å². The van der Waals surface area contributed by atoms with E-state index in [1.54, 1.807) is 27.4 Å². The fraction of sp³-hybridized carbons (Fsp3) is 0.825. The third-order valence-corrected chi connectivity index (χ3v) is 13.4. The molecule has 18 atom stereocenters. The zero-order chi connectivity index (χ0) is 37.8. The lowest BCUT2D eigenvalue weighted by atomic mass is 9.51. The molecule has 13 nitrogen and oxygen atoms in total. The monoisotopic (exact) mass is 748 g/mol. The molecule has 3 aliphatic carbocycles. The van der Waals surface area contributed by atoms with E-state index in [4.69, 9.17) is 42.3 Å². The van der Waals surface area contributed by atoms with E-state index < -0.39 is 79.9 Å². The minimum Gasteiger partial charge on any atom is -0.469 e. The van der Waals surface area contributed by atoms with Crippen molar-refractivity contribution in [1.29, 1.82) is 0 Å². The molecule has 13 heteroatoms. The van der Waals surface area contributed by atoms with Crippen LogP contribution in [0.15, 0.2) is 28.4 Å². The molecule has 53 heavy (non-hydrogen) atoms. The molecular formula is C40H60O13. The van der Waals surface area contributed by atoms with Gasteiger partial charge in [-0.1, -0.05) is 18.6 Å². The van der Waals surface area contributed by atoms with E-state index in [0.717, 1.165) is 24.2 Å². The summed E-state index contributed by atoms with van der Waals surface area (Å²) in [4.78, 5) is 13.8. The molecule has 298 valence electrons. The molecule has 4 heterocycles. The van der Waals surface area contributed by atoms with Gasteiger partial charge in [0.2, 0.25) is 0 Å². The number of fused-ring (bicyclic) bond motifs is 3. The number of allylic oxidation sites excluding steroid dienone is 1. The first kappa shape index (κ1) is 39.5. The topological polar surface area (TPSA) is 165 Å². The Kier molecular flexibility index (Phi) is 11.9. The third kappa shape index (κ3) is 7.70. The number of furan rings is 1. The first-order valence-corrected chi connectivity index (χ1v) is 19.6. The highest BCUT2D eigenvalue weighted by molar-refractivity contribution is 5.89. The average Bonchev–Trinajstić information content (AvgIpc) is 3.54. The van der Waals surface area contributed by atoms with Crippen LogP contribution >= 0.6 is 0 Å². The van der Waals surface area contributed by atoms with Crippen LogP contribution in [0.4, 0.5) is 0 Å². The lowest BCUT2D eigenvalue weighted by Crippen LogP contribution is -2.57. The Morgan fingerprint density at radius 1 is 0.792 bits per heavy atom. The average molecular weight is 749 g/mol. The van der Waals surface area contributed by atoms with E-state index in [1.807, 2.05) is 26.8 Å². The van der Waals surface area contributed by atoms with Crippen LogP contribution in [0.5, 0.6) is 0 Å². The van der Waals surface area contributed by atoms with Gasteiger partial charge in [-0.05, 0) is 77.2 Å². The maximum Gasteiger partial charge on any atom is 0.161 e. The number of ketones is 1. The largest absolute Gasteiger partial charge is 0.469 e. The molecule has 0 bridgehead atoms. The number of hydrogen-bond donors (Lipinski definition) is 3. The quantitative estimate of drug-likeness (QED) is 0.310. The Bertz CT molecular complexity index is 1430. The Balaban J connectivity index is 0.932. The summed E-state index contributed by atoms with van der Waals surface area (Å²) >= 11 is 0. The molecule has 7 rings (SSSR count). The second-order valence-corrected chi connectivity index (χ2v) is 16.5. The molecule has 1 aromatic rings. The Morgan fingerprint density at radius 2 is 1.43 bits per heavy atom. The SMILES string of the molecule is COC1CC(OC2C(O)CC(OC3C(C)OC(OC4CC5=CCC6C(=O)C(c7ccoc7C)CCC6C5(C)CC4O)CC3OC)OC2C)OC(C)C1O. The highest BCUT2D eigenvalue weighted by atomic mass is 16.7. The van der Waals surface area contributed by atoms with Gasteiger partial charge in [-0.2, -0.15) is 0 Å². The van der Waals surface area contributed by atoms with Gasteiger partial charge in [-0.15, -0.1) is 0 Å². The first-order chi connectivity index (χ1) is 25.3. The highest BCUT2D eigenvalue weighted by Gasteiger charge is 2.55. The summed E-state index contributed by atoms with van der Waals surface area (Å²) in [5, 5.41) is 33.0. The van der Waals surface area contributed by atoms with Crippen molar-refractivity contribution in [3.63, 3.8) is 0 Å².